The Morgan fingerprint density at radius 2 is 2.00 bits per heavy atom. The maximum absolute atomic E-state index is 12.2. The predicted molar refractivity (Wildman–Crippen MR) is 80.2 cm³/mol. The van der Waals surface area contributed by atoms with Crippen LogP contribution in [0.25, 0.3) is 0 Å². The number of carbonyl (C=O) groups excluding carboxylic acids is 1. The van der Waals surface area contributed by atoms with Crippen molar-refractivity contribution in [2.24, 2.45) is 0 Å². The Morgan fingerprint density at radius 1 is 1.32 bits per heavy atom. The molecule has 1 amide bonds. The number of likely N-dealkylation sites (N-methyl/N-ethyl adjacent to an activating group) is 1. The molecule has 19 heavy (non-hydrogen) atoms. The average molecular weight is 263 g/mol. The minimum Gasteiger partial charge on any atom is -0.324 e. The Morgan fingerprint density at radius 3 is 2.58 bits per heavy atom. The van der Waals surface area contributed by atoms with Gasteiger partial charge in [0.1, 0.15) is 0 Å². The maximum atomic E-state index is 12.2. The van der Waals surface area contributed by atoms with Crippen molar-refractivity contribution in [3.05, 3.63) is 29.8 Å². The second-order valence-corrected chi connectivity index (χ2v) is 5.55. The molecule has 1 aromatic rings. The van der Waals surface area contributed by atoms with Crippen LogP contribution in [0.1, 0.15) is 26.3 Å². The van der Waals surface area contributed by atoms with Crippen LogP contribution in [0.15, 0.2) is 24.3 Å². The fourth-order valence-corrected chi connectivity index (χ4v) is 1.92. The van der Waals surface area contributed by atoms with E-state index in [-0.39, 0.29) is 5.91 Å². The summed E-state index contributed by atoms with van der Waals surface area (Å²) in [5.41, 5.74) is 1.46. The Hall–Kier alpha value is -1.39. The summed E-state index contributed by atoms with van der Waals surface area (Å²) in [6.45, 7) is 7.39. The van der Waals surface area contributed by atoms with E-state index in [4.69, 9.17) is 0 Å². The summed E-state index contributed by atoms with van der Waals surface area (Å²) in [7, 11) is 4.05. The van der Waals surface area contributed by atoms with E-state index in [0.29, 0.717) is 0 Å². The first-order valence-corrected chi connectivity index (χ1v) is 6.65. The molecule has 0 heterocycles. The van der Waals surface area contributed by atoms with Gasteiger partial charge in [0.15, 0.2) is 0 Å². The highest BCUT2D eigenvalue weighted by molar-refractivity contribution is 5.97. The van der Waals surface area contributed by atoms with Crippen molar-refractivity contribution in [1.29, 1.82) is 0 Å². The smallest absolute Gasteiger partial charge is 0.244 e. The van der Waals surface area contributed by atoms with E-state index in [1.807, 2.05) is 53.1 Å². The van der Waals surface area contributed by atoms with Crippen LogP contribution in [-0.4, -0.2) is 37.0 Å². The summed E-state index contributed by atoms with van der Waals surface area (Å²) >= 11 is 0. The molecule has 106 valence electrons. The molecule has 0 aliphatic carbocycles. The highest BCUT2D eigenvalue weighted by Crippen LogP contribution is 2.14. The fraction of sp³-hybridized carbons (Fsp3) is 0.533. The Balaban J connectivity index is 2.74. The number of amides is 1. The number of rotatable bonds is 6. The fourth-order valence-electron chi connectivity index (χ4n) is 1.92. The lowest BCUT2D eigenvalue weighted by molar-refractivity contribution is -0.121. The van der Waals surface area contributed by atoms with E-state index in [1.165, 1.54) is 5.56 Å². The van der Waals surface area contributed by atoms with Crippen molar-refractivity contribution in [3.63, 3.8) is 0 Å². The number of hydrogen-bond donors (Lipinski definition) is 2. The van der Waals surface area contributed by atoms with Crippen LogP contribution in [0.3, 0.4) is 0 Å². The molecule has 0 aliphatic rings. The number of benzene rings is 1. The second-order valence-electron chi connectivity index (χ2n) is 5.55. The molecule has 0 bridgehead atoms. The minimum absolute atomic E-state index is 0.0173. The van der Waals surface area contributed by atoms with Crippen LogP contribution in [0.5, 0.6) is 0 Å². The lowest BCUT2D eigenvalue weighted by atomic mass is 10.0. The van der Waals surface area contributed by atoms with Crippen LogP contribution in [0, 0.1) is 0 Å². The Kier molecular flexibility index (Phi) is 5.51. The van der Waals surface area contributed by atoms with Gasteiger partial charge in [-0.25, -0.2) is 0 Å². The first kappa shape index (κ1) is 15.7. The average Bonchev–Trinajstić information content (AvgIpc) is 2.28. The molecule has 4 nitrogen and oxygen atoms in total. The van der Waals surface area contributed by atoms with Crippen LogP contribution in [0.2, 0.25) is 0 Å². The zero-order chi connectivity index (χ0) is 14.5. The number of nitrogens with zero attached hydrogens (tertiary/aromatic N) is 1. The van der Waals surface area contributed by atoms with E-state index >= 15 is 0 Å². The van der Waals surface area contributed by atoms with Gasteiger partial charge in [0.2, 0.25) is 5.91 Å². The van der Waals surface area contributed by atoms with Crippen LogP contribution in [0.4, 0.5) is 5.69 Å². The Bertz CT molecular complexity index is 427. The summed E-state index contributed by atoms with van der Waals surface area (Å²) in [5.74, 6) is -0.0173. The van der Waals surface area contributed by atoms with Gasteiger partial charge in [-0.05, 0) is 52.2 Å². The number of anilines is 1. The standard InChI is InChI=1S/C15H25N3O/c1-6-16-15(2,3)14(19)17-13-9-7-8-12(10-13)11-18(4)5/h7-10,16H,6,11H2,1-5H3,(H,17,19). The normalized spacial score (nSPS) is 11.7. The van der Waals surface area contributed by atoms with E-state index in [9.17, 15) is 4.79 Å². The molecule has 0 unspecified atom stereocenters. The second kappa shape index (κ2) is 6.68. The van der Waals surface area contributed by atoms with Gasteiger partial charge in [-0.1, -0.05) is 19.1 Å². The van der Waals surface area contributed by atoms with Crippen LogP contribution in [-0.2, 0) is 11.3 Å². The molecule has 1 rings (SSSR count). The zero-order valence-electron chi connectivity index (χ0n) is 12.6. The van der Waals surface area contributed by atoms with Gasteiger partial charge in [0, 0.05) is 12.2 Å². The third-order valence-corrected chi connectivity index (χ3v) is 2.87. The topological polar surface area (TPSA) is 44.4 Å². The summed E-state index contributed by atoms with van der Waals surface area (Å²) in [4.78, 5) is 14.3. The largest absolute Gasteiger partial charge is 0.324 e. The molecule has 0 spiro atoms. The summed E-state index contributed by atoms with van der Waals surface area (Å²) in [6, 6.07) is 7.96. The minimum atomic E-state index is -0.563. The van der Waals surface area contributed by atoms with Gasteiger partial charge >= 0.3 is 0 Å². The quantitative estimate of drug-likeness (QED) is 0.826. The lowest BCUT2D eigenvalue weighted by Crippen LogP contribution is -2.49. The summed E-state index contributed by atoms with van der Waals surface area (Å²) in [5, 5.41) is 6.13. The van der Waals surface area contributed by atoms with E-state index < -0.39 is 5.54 Å². The summed E-state index contributed by atoms with van der Waals surface area (Å²) < 4.78 is 0. The van der Waals surface area contributed by atoms with Gasteiger partial charge in [-0.3, -0.25) is 4.79 Å². The lowest BCUT2D eigenvalue weighted by Gasteiger charge is -2.24. The Labute approximate surface area is 116 Å². The van der Waals surface area contributed by atoms with Gasteiger partial charge in [-0.15, -0.1) is 0 Å². The van der Waals surface area contributed by atoms with Crippen LogP contribution >= 0.6 is 0 Å². The molecule has 0 fully saturated rings. The van der Waals surface area contributed by atoms with E-state index in [2.05, 4.69) is 21.6 Å². The van der Waals surface area contributed by atoms with Crippen molar-refractivity contribution in [1.82, 2.24) is 10.2 Å². The first-order valence-electron chi connectivity index (χ1n) is 6.65. The van der Waals surface area contributed by atoms with Gasteiger partial charge in [0.05, 0.1) is 5.54 Å². The van der Waals surface area contributed by atoms with Crippen molar-refractivity contribution < 1.29 is 4.79 Å². The van der Waals surface area contributed by atoms with Gasteiger partial charge in [-0.2, -0.15) is 0 Å². The molecule has 4 heteroatoms. The van der Waals surface area contributed by atoms with E-state index in [0.717, 1.165) is 18.8 Å². The van der Waals surface area contributed by atoms with Gasteiger partial charge < -0.3 is 15.5 Å². The SMILES string of the molecule is CCNC(C)(C)C(=O)Nc1cccc(CN(C)C)c1. The monoisotopic (exact) mass is 263 g/mol. The van der Waals surface area contributed by atoms with E-state index in [1.54, 1.807) is 0 Å². The number of hydrogen-bond acceptors (Lipinski definition) is 3. The molecular formula is C15H25N3O. The third kappa shape index (κ3) is 5.01. The summed E-state index contributed by atoms with van der Waals surface area (Å²) in [6.07, 6.45) is 0. The first-order chi connectivity index (χ1) is 8.85. The highest BCUT2D eigenvalue weighted by Gasteiger charge is 2.26. The van der Waals surface area contributed by atoms with Gasteiger partial charge in [0.25, 0.3) is 0 Å². The van der Waals surface area contributed by atoms with Crippen LogP contribution < -0.4 is 10.6 Å². The number of nitrogens with one attached hydrogen (secondary N) is 2. The van der Waals surface area contributed by atoms with Crippen molar-refractivity contribution in [2.45, 2.75) is 32.9 Å². The molecule has 0 atom stereocenters. The molecule has 1 aromatic carbocycles. The maximum Gasteiger partial charge on any atom is 0.244 e. The number of carbonyl (C=O) groups is 1. The molecule has 2 N–H and O–H groups in total. The molecule has 0 saturated carbocycles. The third-order valence-electron chi connectivity index (χ3n) is 2.87. The molecule has 0 aromatic heterocycles. The molecule has 0 saturated heterocycles. The molecule has 0 aliphatic heterocycles. The predicted octanol–water partition coefficient (Wildman–Crippen LogP) is 2.07. The molecular weight excluding hydrogens is 238 g/mol. The highest BCUT2D eigenvalue weighted by atomic mass is 16.2. The zero-order valence-corrected chi connectivity index (χ0v) is 12.6. The molecule has 0 radical (unpaired) electrons. The van der Waals surface area contributed by atoms with Crippen molar-refractivity contribution in [3.8, 4) is 0 Å². The van der Waals surface area contributed by atoms with Crippen molar-refractivity contribution in [2.75, 3.05) is 26.0 Å². The van der Waals surface area contributed by atoms with Crippen molar-refractivity contribution >= 4 is 11.6 Å².